The molecule has 1 N–H and O–H groups in total. The SMILES string of the molecule is CCCCCOc1cc(C)c(C(C)(C)C)cc1CN1CCCC[C@H]1C(=O)O. The lowest BCUT2D eigenvalue weighted by atomic mass is 9.83. The van der Waals surface area contributed by atoms with Gasteiger partial charge in [0.05, 0.1) is 6.61 Å². The normalized spacial score (nSPS) is 18.5. The van der Waals surface area contributed by atoms with Gasteiger partial charge in [0.2, 0.25) is 0 Å². The number of carboxylic acids is 1. The van der Waals surface area contributed by atoms with Crippen molar-refractivity contribution in [2.45, 2.75) is 91.1 Å². The Kier molecular flexibility index (Phi) is 7.72. The number of hydrogen-bond donors (Lipinski definition) is 1. The number of benzene rings is 1. The first kappa shape index (κ1) is 21.7. The van der Waals surface area contributed by atoms with Crippen molar-refractivity contribution >= 4 is 5.97 Å². The number of piperidine rings is 1. The highest BCUT2D eigenvalue weighted by Crippen LogP contribution is 2.33. The standard InChI is InChI=1S/C23H37NO3/c1-6-7-10-13-27-21-14-17(2)19(23(3,4)5)15-18(21)16-24-12-9-8-11-20(24)22(25)26/h14-15,20H,6-13,16H2,1-5H3,(H,25,26)/t20-/m0/s1. The van der Waals surface area contributed by atoms with Gasteiger partial charge in [-0.05, 0) is 55.3 Å². The van der Waals surface area contributed by atoms with Gasteiger partial charge in [-0.25, -0.2) is 0 Å². The highest BCUT2D eigenvalue weighted by atomic mass is 16.5. The van der Waals surface area contributed by atoms with Crippen LogP contribution in [0.3, 0.4) is 0 Å². The molecule has 0 saturated carbocycles. The Morgan fingerprint density at radius 1 is 1.26 bits per heavy atom. The van der Waals surface area contributed by atoms with Crippen LogP contribution in [0.5, 0.6) is 5.75 Å². The molecule has 0 radical (unpaired) electrons. The van der Waals surface area contributed by atoms with E-state index < -0.39 is 5.97 Å². The quantitative estimate of drug-likeness (QED) is 0.626. The number of likely N-dealkylation sites (tertiary alicyclic amines) is 1. The van der Waals surface area contributed by atoms with Crippen molar-refractivity contribution in [3.8, 4) is 5.75 Å². The molecule has 4 heteroatoms. The molecule has 0 aromatic heterocycles. The molecule has 1 saturated heterocycles. The molecule has 1 fully saturated rings. The summed E-state index contributed by atoms with van der Waals surface area (Å²) in [5.41, 5.74) is 3.72. The van der Waals surface area contributed by atoms with Crippen LogP contribution in [-0.4, -0.2) is 35.2 Å². The third-order valence-corrected chi connectivity index (χ3v) is 5.49. The Morgan fingerprint density at radius 2 is 2.00 bits per heavy atom. The van der Waals surface area contributed by atoms with Gasteiger partial charge >= 0.3 is 5.97 Å². The third kappa shape index (κ3) is 5.97. The number of rotatable bonds is 8. The summed E-state index contributed by atoms with van der Waals surface area (Å²) < 4.78 is 6.15. The molecule has 1 aromatic carbocycles. The van der Waals surface area contributed by atoms with Crippen LogP contribution in [-0.2, 0) is 16.8 Å². The second-order valence-electron chi connectivity index (χ2n) is 8.90. The van der Waals surface area contributed by atoms with E-state index in [0.29, 0.717) is 6.54 Å². The zero-order valence-electron chi connectivity index (χ0n) is 17.8. The Labute approximate surface area is 164 Å². The number of nitrogens with zero attached hydrogens (tertiary/aromatic N) is 1. The molecule has 1 atom stereocenters. The number of unbranched alkanes of at least 4 members (excludes halogenated alkanes) is 2. The Morgan fingerprint density at radius 3 is 2.63 bits per heavy atom. The molecule has 1 aliphatic heterocycles. The fourth-order valence-electron chi connectivity index (χ4n) is 4.01. The molecule has 4 nitrogen and oxygen atoms in total. The monoisotopic (exact) mass is 375 g/mol. The molecule has 27 heavy (non-hydrogen) atoms. The lowest BCUT2D eigenvalue weighted by Crippen LogP contribution is -2.44. The number of hydrogen-bond acceptors (Lipinski definition) is 3. The van der Waals surface area contributed by atoms with E-state index in [4.69, 9.17) is 4.74 Å². The van der Waals surface area contributed by atoms with Gasteiger partial charge < -0.3 is 9.84 Å². The molecular weight excluding hydrogens is 338 g/mol. The van der Waals surface area contributed by atoms with Crippen LogP contribution in [0.4, 0.5) is 0 Å². The number of carbonyl (C=O) groups is 1. The first-order chi connectivity index (χ1) is 12.7. The molecule has 2 rings (SSSR count). The maximum atomic E-state index is 11.7. The fourth-order valence-corrected chi connectivity index (χ4v) is 4.01. The van der Waals surface area contributed by atoms with Crippen molar-refractivity contribution in [1.82, 2.24) is 4.90 Å². The van der Waals surface area contributed by atoms with E-state index in [1.54, 1.807) is 0 Å². The number of aryl methyl sites for hydroxylation is 1. The zero-order valence-corrected chi connectivity index (χ0v) is 17.8. The summed E-state index contributed by atoms with van der Waals surface area (Å²) in [6.07, 6.45) is 6.19. The largest absolute Gasteiger partial charge is 0.493 e. The van der Waals surface area contributed by atoms with Gasteiger partial charge in [0.1, 0.15) is 11.8 Å². The van der Waals surface area contributed by atoms with E-state index in [1.165, 1.54) is 24.0 Å². The highest BCUT2D eigenvalue weighted by molar-refractivity contribution is 5.73. The fraction of sp³-hybridized carbons (Fsp3) is 0.696. The maximum absolute atomic E-state index is 11.7. The van der Waals surface area contributed by atoms with E-state index in [-0.39, 0.29) is 11.5 Å². The van der Waals surface area contributed by atoms with Gasteiger partial charge in [-0.2, -0.15) is 0 Å². The van der Waals surface area contributed by atoms with E-state index >= 15 is 0 Å². The van der Waals surface area contributed by atoms with Gasteiger partial charge in [0.25, 0.3) is 0 Å². The molecule has 0 spiro atoms. The zero-order chi connectivity index (χ0) is 20.0. The van der Waals surface area contributed by atoms with Gasteiger partial charge in [-0.1, -0.05) is 53.0 Å². The van der Waals surface area contributed by atoms with Gasteiger partial charge in [0.15, 0.2) is 0 Å². The molecule has 1 aliphatic rings. The minimum Gasteiger partial charge on any atom is -0.493 e. The molecule has 0 bridgehead atoms. The topological polar surface area (TPSA) is 49.8 Å². The Hall–Kier alpha value is -1.55. The second kappa shape index (κ2) is 9.59. The molecule has 152 valence electrons. The summed E-state index contributed by atoms with van der Waals surface area (Å²) in [7, 11) is 0. The average Bonchev–Trinajstić information content (AvgIpc) is 2.60. The van der Waals surface area contributed by atoms with Crippen LogP contribution in [0.15, 0.2) is 12.1 Å². The van der Waals surface area contributed by atoms with Crippen LogP contribution in [0.2, 0.25) is 0 Å². The van der Waals surface area contributed by atoms with E-state index in [1.807, 2.05) is 0 Å². The van der Waals surface area contributed by atoms with Crippen LogP contribution < -0.4 is 4.74 Å². The van der Waals surface area contributed by atoms with E-state index in [0.717, 1.165) is 50.1 Å². The first-order valence-electron chi connectivity index (χ1n) is 10.5. The highest BCUT2D eigenvalue weighted by Gasteiger charge is 2.29. The van der Waals surface area contributed by atoms with Crippen LogP contribution in [0, 0.1) is 6.92 Å². The van der Waals surface area contributed by atoms with Crippen LogP contribution >= 0.6 is 0 Å². The number of carboxylic acid groups (broad SMARTS) is 1. The number of aliphatic carboxylic acids is 1. The lowest BCUT2D eigenvalue weighted by Gasteiger charge is -2.34. The summed E-state index contributed by atoms with van der Waals surface area (Å²) in [5, 5.41) is 9.61. The molecule has 1 aromatic rings. The van der Waals surface area contributed by atoms with Crippen molar-refractivity contribution in [3.05, 3.63) is 28.8 Å². The predicted octanol–water partition coefficient (Wildman–Crippen LogP) is 5.30. The Balaban J connectivity index is 2.30. The lowest BCUT2D eigenvalue weighted by molar-refractivity contribution is -0.144. The minimum absolute atomic E-state index is 0.0493. The van der Waals surface area contributed by atoms with E-state index in [9.17, 15) is 9.90 Å². The van der Waals surface area contributed by atoms with Crippen LogP contribution in [0.1, 0.15) is 82.9 Å². The van der Waals surface area contributed by atoms with Crippen molar-refractivity contribution in [2.75, 3.05) is 13.2 Å². The summed E-state index contributed by atoms with van der Waals surface area (Å²) in [6.45, 7) is 13.2. The summed E-state index contributed by atoms with van der Waals surface area (Å²) >= 11 is 0. The summed E-state index contributed by atoms with van der Waals surface area (Å²) in [6, 6.07) is 4.02. The van der Waals surface area contributed by atoms with Crippen molar-refractivity contribution in [2.24, 2.45) is 0 Å². The van der Waals surface area contributed by atoms with Crippen LogP contribution in [0.25, 0.3) is 0 Å². The van der Waals surface area contributed by atoms with Crippen molar-refractivity contribution < 1.29 is 14.6 Å². The molecule has 0 amide bonds. The first-order valence-corrected chi connectivity index (χ1v) is 10.5. The minimum atomic E-state index is -0.705. The Bertz CT molecular complexity index is 633. The summed E-state index contributed by atoms with van der Waals surface area (Å²) in [5.74, 6) is 0.217. The molecular formula is C23H37NO3. The summed E-state index contributed by atoms with van der Waals surface area (Å²) in [4.78, 5) is 13.8. The smallest absolute Gasteiger partial charge is 0.320 e. The van der Waals surface area contributed by atoms with Crippen molar-refractivity contribution in [1.29, 1.82) is 0 Å². The van der Waals surface area contributed by atoms with Gasteiger partial charge in [-0.3, -0.25) is 9.69 Å². The second-order valence-corrected chi connectivity index (χ2v) is 8.90. The van der Waals surface area contributed by atoms with Crippen molar-refractivity contribution in [3.63, 3.8) is 0 Å². The molecule has 1 heterocycles. The molecule has 0 unspecified atom stereocenters. The van der Waals surface area contributed by atoms with Gasteiger partial charge in [0, 0.05) is 12.1 Å². The maximum Gasteiger partial charge on any atom is 0.320 e. The van der Waals surface area contributed by atoms with Gasteiger partial charge in [-0.15, -0.1) is 0 Å². The predicted molar refractivity (Wildman–Crippen MR) is 111 cm³/mol. The third-order valence-electron chi connectivity index (χ3n) is 5.49. The molecule has 0 aliphatic carbocycles. The number of ether oxygens (including phenoxy) is 1. The average molecular weight is 376 g/mol. The van der Waals surface area contributed by atoms with E-state index in [2.05, 4.69) is 51.7 Å².